The summed E-state index contributed by atoms with van der Waals surface area (Å²) < 4.78 is 13.2. The number of nitrogens with zero attached hydrogens (tertiary/aromatic N) is 3. The molecular formula is C23H23FN4O2S. The molecular weight excluding hydrogens is 415 g/mol. The van der Waals surface area contributed by atoms with Crippen molar-refractivity contribution in [3.8, 4) is 0 Å². The average molecular weight is 439 g/mol. The lowest BCUT2D eigenvalue weighted by Crippen LogP contribution is -2.40. The monoisotopic (exact) mass is 438 g/mol. The van der Waals surface area contributed by atoms with Gasteiger partial charge in [0.25, 0.3) is 11.5 Å². The number of thiophene rings is 1. The van der Waals surface area contributed by atoms with E-state index in [0.29, 0.717) is 24.1 Å². The molecule has 6 nitrogen and oxygen atoms in total. The number of aromatic nitrogens is 2. The van der Waals surface area contributed by atoms with Crippen LogP contribution in [-0.4, -0.2) is 38.8 Å². The molecule has 5 rings (SSSR count). The zero-order valence-corrected chi connectivity index (χ0v) is 17.8. The third kappa shape index (κ3) is 4.05. The smallest absolute Gasteiger partial charge is 0.256 e. The Balaban J connectivity index is 1.36. The molecule has 1 aromatic carbocycles. The second-order valence-electron chi connectivity index (χ2n) is 8.12. The Labute approximate surface area is 183 Å². The molecule has 0 aliphatic carbocycles. The molecule has 2 aliphatic heterocycles. The van der Waals surface area contributed by atoms with Gasteiger partial charge in [-0.05, 0) is 66.0 Å². The van der Waals surface area contributed by atoms with E-state index in [1.54, 1.807) is 16.2 Å². The number of amides is 1. The van der Waals surface area contributed by atoms with Crippen LogP contribution in [0.3, 0.4) is 0 Å². The van der Waals surface area contributed by atoms with Gasteiger partial charge in [-0.25, -0.2) is 9.37 Å². The lowest BCUT2D eigenvalue weighted by Gasteiger charge is -2.29. The lowest BCUT2D eigenvalue weighted by molar-refractivity contribution is 0.0732. The fourth-order valence-corrected chi connectivity index (χ4v) is 5.15. The van der Waals surface area contributed by atoms with E-state index in [1.807, 2.05) is 0 Å². The fourth-order valence-electron chi connectivity index (χ4n) is 4.49. The number of aromatic amines is 1. The SMILES string of the molecule is O=C(c1ccc(F)cc1)N1CCc2nc([C@@H]3CCCN3Cc3ccsc3)[nH]c(=O)c2C1. The van der Waals surface area contributed by atoms with Crippen LogP contribution in [0.5, 0.6) is 0 Å². The Hall–Kier alpha value is -2.84. The van der Waals surface area contributed by atoms with E-state index in [0.717, 1.165) is 37.4 Å². The number of halogens is 1. The topological polar surface area (TPSA) is 69.3 Å². The van der Waals surface area contributed by atoms with E-state index in [-0.39, 0.29) is 29.9 Å². The summed E-state index contributed by atoms with van der Waals surface area (Å²) in [7, 11) is 0. The first-order chi connectivity index (χ1) is 15.1. The third-order valence-corrected chi connectivity index (χ3v) is 6.84. The van der Waals surface area contributed by atoms with Gasteiger partial charge in [0.2, 0.25) is 0 Å². The van der Waals surface area contributed by atoms with Gasteiger partial charge in [-0.3, -0.25) is 14.5 Å². The highest BCUT2D eigenvalue weighted by atomic mass is 32.1. The van der Waals surface area contributed by atoms with Crippen LogP contribution >= 0.6 is 11.3 Å². The van der Waals surface area contributed by atoms with Crippen LogP contribution in [0.1, 0.15) is 51.9 Å². The Kier molecular flexibility index (Phi) is 5.41. The first-order valence-electron chi connectivity index (χ1n) is 10.5. The molecule has 0 saturated carbocycles. The molecule has 160 valence electrons. The minimum absolute atomic E-state index is 0.108. The van der Waals surface area contributed by atoms with Crippen LogP contribution in [-0.2, 0) is 19.5 Å². The van der Waals surface area contributed by atoms with E-state index in [1.165, 1.54) is 29.8 Å². The van der Waals surface area contributed by atoms with Gasteiger partial charge in [0, 0.05) is 25.1 Å². The third-order valence-electron chi connectivity index (χ3n) is 6.11. The molecule has 1 amide bonds. The molecule has 1 atom stereocenters. The summed E-state index contributed by atoms with van der Waals surface area (Å²) in [6, 6.07) is 7.74. The summed E-state index contributed by atoms with van der Waals surface area (Å²) in [5.41, 5.74) is 2.86. The molecule has 0 radical (unpaired) electrons. The van der Waals surface area contributed by atoms with Gasteiger partial charge in [-0.15, -0.1) is 0 Å². The molecule has 0 spiro atoms. The molecule has 0 bridgehead atoms. The van der Waals surface area contributed by atoms with Crippen LogP contribution in [0.2, 0.25) is 0 Å². The molecule has 4 heterocycles. The van der Waals surface area contributed by atoms with Crippen LogP contribution < -0.4 is 5.56 Å². The van der Waals surface area contributed by atoms with Crippen molar-refractivity contribution in [3.63, 3.8) is 0 Å². The summed E-state index contributed by atoms with van der Waals surface area (Å²) in [5, 5.41) is 4.24. The van der Waals surface area contributed by atoms with Crippen molar-refractivity contribution in [2.24, 2.45) is 0 Å². The van der Waals surface area contributed by atoms with E-state index in [4.69, 9.17) is 4.98 Å². The van der Waals surface area contributed by atoms with Gasteiger partial charge in [0.1, 0.15) is 11.6 Å². The standard InChI is InChI=1S/C23H23FN4O2S/c24-17-5-3-16(4-6-17)23(30)28-10-7-19-18(13-28)22(29)26-21(25-19)20-2-1-9-27(20)12-15-8-11-31-14-15/h3-6,8,11,14,20H,1-2,7,9-10,12-13H2,(H,25,26,29)/t20-/m0/s1. The van der Waals surface area contributed by atoms with Gasteiger partial charge < -0.3 is 9.88 Å². The minimum Gasteiger partial charge on any atom is -0.334 e. The van der Waals surface area contributed by atoms with Gasteiger partial charge >= 0.3 is 0 Å². The van der Waals surface area contributed by atoms with Gasteiger partial charge in [-0.1, -0.05) is 0 Å². The number of fused-ring (bicyclic) bond motifs is 1. The zero-order valence-electron chi connectivity index (χ0n) is 17.0. The second kappa shape index (κ2) is 8.36. The summed E-state index contributed by atoms with van der Waals surface area (Å²) in [4.78, 5) is 37.5. The number of benzene rings is 1. The van der Waals surface area contributed by atoms with Crippen molar-refractivity contribution >= 4 is 17.2 Å². The molecule has 1 saturated heterocycles. The highest BCUT2D eigenvalue weighted by molar-refractivity contribution is 7.07. The van der Waals surface area contributed by atoms with Crippen LogP contribution in [0.25, 0.3) is 0 Å². The number of rotatable bonds is 4. The van der Waals surface area contributed by atoms with Crippen molar-refractivity contribution in [1.29, 1.82) is 0 Å². The molecule has 2 aromatic heterocycles. The van der Waals surface area contributed by atoms with Crippen molar-refractivity contribution < 1.29 is 9.18 Å². The van der Waals surface area contributed by atoms with Crippen molar-refractivity contribution in [1.82, 2.24) is 19.8 Å². The number of hydrogen-bond donors (Lipinski definition) is 1. The van der Waals surface area contributed by atoms with Gasteiger partial charge in [0.05, 0.1) is 23.8 Å². The van der Waals surface area contributed by atoms with Crippen LogP contribution in [0.4, 0.5) is 4.39 Å². The van der Waals surface area contributed by atoms with E-state index in [9.17, 15) is 14.0 Å². The van der Waals surface area contributed by atoms with E-state index in [2.05, 4.69) is 26.7 Å². The molecule has 1 N–H and O–H groups in total. The highest BCUT2D eigenvalue weighted by Gasteiger charge is 2.31. The number of carbonyl (C=O) groups is 1. The maximum Gasteiger partial charge on any atom is 0.256 e. The van der Waals surface area contributed by atoms with Gasteiger partial charge in [-0.2, -0.15) is 11.3 Å². The first-order valence-corrected chi connectivity index (χ1v) is 11.4. The number of likely N-dealkylation sites (tertiary alicyclic amines) is 1. The molecule has 31 heavy (non-hydrogen) atoms. The maximum absolute atomic E-state index is 13.2. The Bertz CT molecular complexity index is 1140. The van der Waals surface area contributed by atoms with Crippen molar-refractivity contribution in [2.45, 2.75) is 38.4 Å². The summed E-state index contributed by atoms with van der Waals surface area (Å²) in [5.74, 6) is 0.148. The Morgan fingerprint density at radius 3 is 2.84 bits per heavy atom. The summed E-state index contributed by atoms with van der Waals surface area (Å²) in [6.07, 6.45) is 2.59. The predicted octanol–water partition coefficient (Wildman–Crippen LogP) is 3.51. The lowest BCUT2D eigenvalue weighted by atomic mass is 10.0. The minimum atomic E-state index is -0.381. The second-order valence-corrected chi connectivity index (χ2v) is 8.90. The largest absolute Gasteiger partial charge is 0.334 e. The van der Waals surface area contributed by atoms with Crippen LogP contribution in [0.15, 0.2) is 45.9 Å². The van der Waals surface area contributed by atoms with Crippen LogP contribution in [0, 0.1) is 5.82 Å². The molecule has 0 unspecified atom stereocenters. The van der Waals surface area contributed by atoms with Crippen molar-refractivity contribution in [3.05, 3.63) is 85.5 Å². The zero-order chi connectivity index (χ0) is 21.4. The highest BCUT2D eigenvalue weighted by Crippen LogP contribution is 2.32. The Morgan fingerprint density at radius 2 is 2.06 bits per heavy atom. The van der Waals surface area contributed by atoms with Crippen molar-refractivity contribution in [2.75, 3.05) is 13.1 Å². The number of carbonyl (C=O) groups excluding carboxylic acids is 1. The number of H-pyrrole nitrogens is 1. The average Bonchev–Trinajstić information content (AvgIpc) is 3.46. The normalized spacial score (nSPS) is 18.9. The number of hydrogen-bond acceptors (Lipinski definition) is 5. The Morgan fingerprint density at radius 1 is 1.23 bits per heavy atom. The molecule has 2 aliphatic rings. The number of nitrogens with one attached hydrogen (secondary N) is 1. The predicted molar refractivity (Wildman–Crippen MR) is 116 cm³/mol. The summed E-state index contributed by atoms with van der Waals surface area (Å²) in [6.45, 7) is 2.55. The summed E-state index contributed by atoms with van der Waals surface area (Å²) >= 11 is 1.69. The first kappa shape index (κ1) is 20.1. The quantitative estimate of drug-likeness (QED) is 0.677. The molecule has 1 fully saturated rings. The van der Waals surface area contributed by atoms with E-state index >= 15 is 0 Å². The maximum atomic E-state index is 13.2. The molecule has 3 aromatic rings. The van der Waals surface area contributed by atoms with Gasteiger partial charge in [0.15, 0.2) is 0 Å². The van der Waals surface area contributed by atoms with E-state index < -0.39 is 0 Å². The fraction of sp³-hybridized carbons (Fsp3) is 0.348. The molecule has 8 heteroatoms.